The summed E-state index contributed by atoms with van der Waals surface area (Å²) in [5, 5.41) is 2.07. The van der Waals surface area contributed by atoms with E-state index in [-0.39, 0.29) is 11.3 Å². The lowest BCUT2D eigenvalue weighted by atomic mass is 10.1. The van der Waals surface area contributed by atoms with Crippen LogP contribution in [-0.4, -0.2) is 5.16 Å². The Morgan fingerprint density at radius 1 is 1.09 bits per heavy atom. The van der Waals surface area contributed by atoms with Gasteiger partial charge in [-0.15, -0.1) is 6.58 Å². The summed E-state index contributed by atoms with van der Waals surface area (Å²) >= 11 is 4.41. The summed E-state index contributed by atoms with van der Waals surface area (Å²) in [6.07, 6.45) is 3.66. The zero-order valence-electron chi connectivity index (χ0n) is 12.3. The Labute approximate surface area is 139 Å². The average Bonchev–Trinajstić information content (AvgIpc) is 2.53. The van der Waals surface area contributed by atoms with Crippen LogP contribution in [0.15, 0.2) is 54.0 Å². The Morgan fingerprint density at radius 3 is 2.30 bits per heavy atom. The van der Waals surface area contributed by atoms with Crippen LogP contribution in [0.4, 0.5) is 14.5 Å². The van der Waals surface area contributed by atoms with Crippen LogP contribution < -0.4 is 0 Å². The summed E-state index contributed by atoms with van der Waals surface area (Å²) in [5.41, 5.74) is 1.64. The Balaban J connectivity index is 2.24. The fourth-order valence-electron chi connectivity index (χ4n) is 1.95. The van der Waals surface area contributed by atoms with E-state index in [0.29, 0.717) is 5.56 Å². The number of halogens is 2. The van der Waals surface area contributed by atoms with Crippen molar-refractivity contribution in [3.05, 3.63) is 77.4 Å². The van der Waals surface area contributed by atoms with Crippen LogP contribution in [0, 0.1) is 23.5 Å². The van der Waals surface area contributed by atoms with Gasteiger partial charge in [-0.3, -0.25) is 0 Å². The number of nitrogens with zero attached hydrogens (tertiary/aromatic N) is 1. The third-order valence-corrected chi connectivity index (χ3v) is 3.22. The predicted molar refractivity (Wildman–Crippen MR) is 92.0 cm³/mol. The number of aliphatic imine (C=N–C) groups is 1. The monoisotopic (exact) mass is 325 g/mol. The van der Waals surface area contributed by atoms with E-state index >= 15 is 0 Å². The lowest BCUT2D eigenvalue weighted by Crippen LogP contribution is -1.90. The van der Waals surface area contributed by atoms with E-state index in [9.17, 15) is 8.78 Å². The molecule has 0 saturated carbocycles. The fourth-order valence-corrected chi connectivity index (χ4v) is 2.06. The molecule has 0 radical (unpaired) electrons. The second-order valence-corrected chi connectivity index (χ2v) is 4.94. The molecule has 0 aliphatic heterocycles. The molecule has 0 saturated heterocycles. The maximum absolute atomic E-state index is 13.9. The Hall–Kier alpha value is -2.60. The van der Waals surface area contributed by atoms with Crippen LogP contribution in [-0.2, 0) is 6.42 Å². The first-order chi connectivity index (χ1) is 11.1. The average molecular weight is 325 g/mol. The molecule has 114 valence electrons. The molecule has 2 rings (SSSR count). The van der Waals surface area contributed by atoms with Gasteiger partial charge in [-0.1, -0.05) is 30.0 Å². The number of hydrogen-bond donors (Lipinski definition) is 0. The standard InChI is InChI=1S/C19H13F2NS/c1-2-3-4-14-5-7-15(8-6-14)9-10-17-18(20)11-16(22-13-23)12-19(17)21/h2,5-8,11-12H,1,3-4H2. The summed E-state index contributed by atoms with van der Waals surface area (Å²) in [7, 11) is 0. The highest BCUT2D eigenvalue weighted by atomic mass is 32.1. The van der Waals surface area contributed by atoms with Crippen LogP contribution in [0.3, 0.4) is 0 Å². The molecule has 2 aromatic carbocycles. The van der Waals surface area contributed by atoms with Crippen molar-refractivity contribution in [2.75, 3.05) is 0 Å². The molecule has 2 aromatic rings. The molecule has 0 bridgehead atoms. The lowest BCUT2D eigenvalue weighted by Gasteiger charge is -2.00. The van der Waals surface area contributed by atoms with Crippen LogP contribution in [0.1, 0.15) is 23.1 Å². The van der Waals surface area contributed by atoms with Crippen LogP contribution in [0.2, 0.25) is 0 Å². The van der Waals surface area contributed by atoms with Gasteiger partial charge in [-0.2, -0.15) is 4.99 Å². The van der Waals surface area contributed by atoms with E-state index in [1.807, 2.05) is 30.3 Å². The number of thiocarbonyl (C=S) groups is 1. The second-order valence-electron chi connectivity index (χ2n) is 4.76. The summed E-state index contributed by atoms with van der Waals surface area (Å²) < 4.78 is 27.7. The van der Waals surface area contributed by atoms with Crippen molar-refractivity contribution >= 4 is 23.1 Å². The van der Waals surface area contributed by atoms with E-state index in [1.54, 1.807) is 0 Å². The topological polar surface area (TPSA) is 12.4 Å². The molecule has 0 atom stereocenters. The molecule has 0 heterocycles. The normalized spacial score (nSPS) is 9.48. The summed E-state index contributed by atoms with van der Waals surface area (Å²) in [6.45, 7) is 3.68. The number of isothiocyanates is 1. The Kier molecular flexibility index (Phi) is 5.94. The second kappa shape index (κ2) is 8.14. The molecule has 0 fully saturated rings. The summed E-state index contributed by atoms with van der Waals surface area (Å²) in [4.78, 5) is 3.55. The molecule has 0 N–H and O–H groups in total. The number of aryl methyl sites for hydroxylation is 1. The van der Waals surface area contributed by atoms with Gasteiger partial charge in [0.05, 0.1) is 16.4 Å². The zero-order chi connectivity index (χ0) is 16.7. The fraction of sp³-hybridized carbons (Fsp3) is 0.105. The number of allylic oxidation sites excluding steroid dienone is 1. The van der Waals surface area contributed by atoms with Crippen molar-refractivity contribution in [2.24, 2.45) is 4.99 Å². The lowest BCUT2D eigenvalue weighted by molar-refractivity contribution is 0.578. The van der Waals surface area contributed by atoms with Gasteiger partial charge in [0.25, 0.3) is 0 Å². The third-order valence-electron chi connectivity index (χ3n) is 3.12. The van der Waals surface area contributed by atoms with Crippen molar-refractivity contribution in [3.63, 3.8) is 0 Å². The van der Waals surface area contributed by atoms with Crippen molar-refractivity contribution < 1.29 is 8.78 Å². The molecular weight excluding hydrogens is 312 g/mol. The molecule has 0 spiro atoms. The minimum absolute atomic E-state index is 0.0760. The van der Waals surface area contributed by atoms with Gasteiger partial charge < -0.3 is 0 Å². The van der Waals surface area contributed by atoms with Crippen molar-refractivity contribution in [2.45, 2.75) is 12.8 Å². The van der Waals surface area contributed by atoms with Crippen LogP contribution in [0.25, 0.3) is 0 Å². The van der Waals surface area contributed by atoms with E-state index in [2.05, 4.69) is 40.8 Å². The smallest absolute Gasteiger partial charge is 0.143 e. The first-order valence-corrected chi connectivity index (χ1v) is 7.33. The first kappa shape index (κ1) is 16.8. The van der Waals surface area contributed by atoms with Gasteiger partial charge in [-0.05, 0) is 42.8 Å². The maximum atomic E-state index is 13.9. The van der Waals surface area contributed by atoms with Crippen molar-refractivity contribution in [1.29, 1.82) is 0 Å². The van der Waals surface area contributed by atoms with E-state index in [0.717, 1.165) is 30.5 Å². The summed E-state index contributed by atoms with van der Waals surface area (Å²) in [5.74, 6) is 3.74. The highest BCUT2D eigenvalue weighted by Gasteiger charge is 2.08. The van der Waals surface area contributed by atoms with Crippen LogP contribution >= 0.6 is 12.2 Å². The van der Waals surface area contributed by atoms with Gasteiger partial charge >= 0.3 is 0 Å². The van der Waals surface area contributed by atoms with Gasteiger partial charge in [0.1, 0.15) is 11.6 Å². The predicted octanol–water partition coefficient (Wildman–Crippen LogP) is 5.22. The number of hydrogen-bond acceptors (Lipinski definition) is 2. The van der Waals surface area contributed by atoms with Gasteiger partial charge in [0.15, 0.2) is 0 Å². The van der Waals surface area contributed by atoms with Gasteiger partial charge in [0, 0.05) is 17.7 Å². The maximum Gasteiger partial charge on any atom is 0.143 e. The molecule has 0 aliphatic carbocycles. The largest absolute Gasteiger partial charge is 0.205 e. The van der Waals surface area contributed by atoms with E-state index in [1.165, 1.54) is 0 Å². The first-order valence-electron chi connectivity index (χ1n) is 6.93. The van der Waals surface area contributed by atoms with Gasteiger partial charge in [-0.25, -0.2) is 8.78 Å². The minimum atomic E-state index is -0.774. The molecule has 0 amide bonds. The molecule has 0 aliphatic rings. The molecular formula is C19H13F2NS. The SMILES string of the molecule is C=CCCc1ccc(C#Cc2c(F)cc(N=C=S)cc2F)cc1. The summed E-state index contributed by atoms with van der Waals surface area (Å²) in [6, 6.07) is 9.68. The highest BCUT2D eigenvalue weighted by molar-refractivity contribution is 7.78. The number of benzene rings is 2. The zero-order valence-corrected chi connectivity index (χ0v) is 13.1. The minimum Gasteiger partial charge on any atom is -0.205 e. The molecule has 0 aromatic heterocycles. The molecule has 23 heavy (non-hydrogen) atoms. The quantitative estimate of drug-likeness (QED) is 0.325. The Bertz CT molecular complexity index is 800. The number of rotatable bonds is 4. The molecule has 0 unspecified atom stereocenters. The van der Waals surface area contributed by atoms with Crippen molar-refractivity contribution in [1.82, 2.24) is 0 Å². The Morgan fingerprint density at radius 2 is 1.74 bits per heavy atom. The van der Waals surface area contributed by atoms with Crippen molar-refractivity contribution in [3.8, 4) is 11.8 Å². The molecule has 1 nitrogen and oxygen atoms in total. The van der Waals surface area contributed by atoms with Gasteiger partial charge in [0.2, 0.25) is 0 Å². The van der Waals surface area contributed by atoms with E-state index in [4.69, 9.17) is 0 Å². The third kappa shape index (κ3) is 4.69. The molecule has 4 heteroatoms. The highest BCUT2D eigenvalue weighted by Crippen LogP contribution is 2.20. The van der Waals surface area contributed by atoms with E-state index < -0.39 is 11.6 Å². The van der Waals surface area contributed by atoms with Crippen LogP contribution in [0.5, 0.6) is 0 Å².